The highest BCUT2D eigenvalue weighted by atomic mass is 32.2. The largest absolute Gasteiger partial charge is 0.366 e. The summed E-state index contributed by atoms with van der Waals surface area (Å²) in [5, 5.41) is 0. The minimum Gasteiger partial charge on any atom is -0.366 e. The Balaban J connectivity index is 0. The molecule has 0 bridgehead atoms. The SMILES string of the molecule is C=C(C)C(N)=O.C=CCS(=O)(=O)O. The topological polar surface area (TPSA) is 97.5 Å². The van der Waals surface area contributed by atoms with Crippen LogP contribution in [0.15, 0.2) is 24.8 Å². The zero-order valence-electron chi connectivity index (χ0n) is 7.36. The molecule has 6 heteroatoms. The minimum atomic E-state index is -3.79. The molecule has 0 aromatic rings. The van der Waals surface area contributed by atoms with Crippen LogP contribution in [-0.2, 0) is 14.9 Å². The number of hydrogen-bond donors (Lipinski definition) is 2. The van der Waals surface area contributed by atoms with Crippen molar-refractivity contribution in [3.05, 3.63) is 24.8 Å². The van der Waals surface area contributed by atoms with Crippen molar-refractivity contribution in [2.24, 2.45) is 5.73 Å². The zero-order valence-corrected chi connectivity index (χ0v) is 8.17. The fourth-order valence-electron chi connectivity index (χ4n) is 0.149. The van der Waals surface area contributed by atoms with Gasteiger partial charge in [-0.3, -0.25) is 9.35 Å². The molecule has 0 aromatic heterocycles. The highest BCUT2D eigenvalue weighted by Gasteiger charge is 1.95. The molecule has 0 aromatic carbocycles. The molecular formula is C7H13NO4S. The molecule has 5 nitrogen and oxygen atoms in total. The van der Waals surface area contributed by atoms with Crippen molar-refractivity contribution < 1.29 is 17.8 Å². The van der Waals surface area contributed by atoms with Crippen molar-refractivity contribution in [3.63, 3.8) is 0 Å². The van der Waals surface area contributed by atoms with E-state index in [0.29, 0.717) is 5.57 Å². The highest BCUT2D eigenvalue weighted by Crippen LogP contribution is 1.78. The zero-order chi connectivity index (χ0) is 11.1. The summed E-state index contributed by atoms with van der Waals surface area (Å²) in [6.45, 7) is 7.96. The van der Waals surface area contributed by atoms with Gasteiger partial charge in [0.05, 0.1) is 5.75 Å². The summed E-state index contributed by atoms with van der Waals surface area (Å²) in [4.78, 5) is 9.82. The third-order valence-electron chi connectivity index (χ3n) is 0.749. The second kappa shape index (κ2) is 6.38. The van der Waals surface area contributed by atoms with E-state index < -0.39 is 16.0 Å². The van der Waals surface area contributed by atoms with Crippen molar-refractivity contribution in [1.82, 2.24) is 0 Å². The van der Waals surface area contributed by atoms with E-state index in [2.05, 4.69) is 13.2 Å². The lowest BCUT2D eigenvalue weighted by molar-refractivity contribution is -0.114. The van der Waals surface area contributed by atoms with E-state index >= 15 is 0 Å². The fraction of sp³-hybridized carbons (Fsp3) is 0.286. The summed E-state index contributed by atoms with van der Waals surface area (Å²) in [5.74, 6) is -0.803. The first-order valence-corrected chi connectivity index (χ1v) is 4.83. The maximum atomic E-state index is 9.82. The lowest BCUT2D eigenvalue weighted by atomic mass is 10.3. The van der Waals surface area contributed by atoms with Gasteiger partial charge in [0.2, 0.25) is 5.91 Å². The first kappa shape index (κ1) is 14.4. The summed E-state index contributed by atoms with van der Waals surface area (Å²) in [5.41, 5.74) is 5.09. The Hall–Kier alpha value is -1.14. The van der Waals surface area contributed by atoms with Crippen LogP contribution in [0.25, 0.3) is 0 Å². The summed E-state index contributed by atoms with van der Waals surface area (Å²) in [7, 11) is -3.79. The molecular weight excluding hydrogens is 194 g/mol. The van der Waals surface area contributed by atoms with Gasteiger partial charge in [-0.2, -0.15) is 8.42 Å². The number of nitrogens with two attached hydrogens (primary N) is 1. The molecule has 0 radical (unpaired) electrons. The van der Waals surface area contributed by atoms with E-state index in [1.54, 1.807) is 6.92 Å². The molecule has 0 unspecified atom stereocenters. The van der Waals surface area contributed by atoms with Crippen LogP contribution in [0.4, 0.5) is 0 Å². The molecule has 0 atom stereocenters. The summed E-state index contributed by atoms with van der Waals surface area (Å²) < 4.78 is 27.3. The van der Waals surface area contributed by atoms with Crippen molar-refractivity contribution in [2.45, 2.75) is 6.92 Å². The van der Waals surface area contributed by atoms with Crippen molar-refractivity contribution in [2.75, 3.05) is 5.75 Å². The second-order valence-electron chi connectivity index (χ2n) is 2.18. The van der Waals surface area contributed by atoms with Gasteiger partial charge in [0, 0.05) is 5.57 Å². The molecule has 0 fully saturated rings. The molecule has 3 N–H and O–H groups in total. The maximum absolute atomic E-state index is 9.82. The van der Waals surface area contributed by atoms with Crippen molar-refractivity contribution >= 4 is 16.0 Å². The average Bonchev–Trinajstić information content (AvgIpc) is 1.85. The van der Waals surface area contributed by atoms with Crippen LogP contribution in [0.1, 0.15) is 6.92 Å². The van der Waals surface area contributed by atoms with Gasteiger partial charge in [0.25, 0.3) is 10.1 Å². The molecule has 0 rings (SSSR count). The van der Waals surface area contributed by atoms with Gasteiger partial charge >= 0.3 is 0 Å². The lowest BCUT2D eigenvalue weighted by Gasteiger charge is -1.82. The number of rotatable bonds is 3. The molecule has 13 heavy (non-hydrogen) atoms. The molecule has 76 valence electrons. The minimum absolute atomic E-state index is 0.368. The van der Waals surface area contributed by atoms with E-state index in [9.17, 15) is 13.2 Å². The van der Waals surface area contributed by atoms with Gasteiger partial charge in [-0.1, -0.05) is 12.7 Å². The lowest BCUT2D eigenvalue weighted by Crippen LogP contribution is -2.10. The first-order chi connectivity index (χ1) is 5.70. The summed E-state index contributed by atoms with van der Waals surface area (Å²) in [6, 6.07) is 0. The molecule has 0 spiro atoms. The van der Waals surface area contributed by atoms with Gasteiger partial charge in [-0.15, -0.1) is 6.58 Å². The molecule has 1 amide bonds. The highest BCUT2D eigenvalue weighted by molar-refractivity contribution is 7.85. The standard InChI is InChI=1S/C4H7NO.C3H6O3S/c1-3(2)4(5)6;1-2-3-7(4,5)6/h1H2,2H3,(H2,5,6);2H,1,3H2,(H,4,5,6). The van der Waals surface area contributed by atoms with Crippen LogP contribution in [-0.4, -0.2) is 24.6 Å². The third-order valence-corrected chi connectivity index (χ3v) is 1.41. The molecule has 0 heterocycles. The van der Waals surface area contributed by atoms with Crippen LogP contribution in [0.2, 0.25) is 0 Å². The smallest absolute Gasteiger partial charge is 0.268 e. The average molecular weight is 207 g/mol. The van der Waals surface area contributed by atoms with E-state index in [0.717, 1.165) is 6.08 Å². The predicted octanol–water partition coefficient (Wildman–Crippen LogP) is 0.108. The Morgan fingerprint density at radius 1 is 1.62 bits per heavy atom. The number of hydrogen-bond acceptors (Lipinski definition) is 3. The molecule has 0 aliphatic carbocycles. The van der Waals surface area contributed by atoms with E-state index in [-0.39, 0.29) is 5.75 Å². The molecule has 0 saturated carbocycles. The number of carbonyl (C=O) groups excluding carboxylic acids is 1. The maximum Gasteiger partial charge on any atom is 0.268 e. The van der Waals surface area contributed by atoms with Gasteiger partial charge in [-0.05, 0) is 6.92 Å². The van der Waals surface area contributed by atoms with Crippen molar-refractivity contribution in [1.29, 1.82) is 0 Å². The molecule has 0 aliphatic rings. The summed E-state index contributed by atoms with van der Waals surface area (Å²) in [6.07, 6.45) is 1.12. The second-order valence-corrected chi connectivity index (χ2v) is 3.68. The predicted molar refractivity (Wildman–Crippen MR) is 50.6 cm³/mol. The summed E-state index contributed by atoms with van der Waals surface area (Å²) >= 11 is 0. The van der Waals surface area contributed by atoms with Crippen LogP contribution < -0.4 is 5.73 Å². The van der Waals surface area contributed by atoms with Crippen molar-refractivity contribution in [3.8, 4) is 0 Å². The van der Waals surface area contributed by atoms with Gasteiger partial charge < -0.3 is 5.73 Å². The fourth-order valence-corrected chi connectivity index (χ4v) is 0.447. The van der Waals surface area contributed by atoms with Crippen LogP contribution >= 0.6 is 0 Å². The Morgan fingerprint density at radius 2 is 1.92 bits per heavy atom. The van der Waals surface area contributed by atoms with Crippen LogP contribution in [0.5, 0.6) is 0 Å². The number of carbonyl (C=O) groups is 1. The Labute approximate surface area is 77.7 Å². The Bertz CT molecular complexity index is 280. The molecule has 0 aliphatic heterocycles. The van der Waals surface area contributed by atoms with Crippen LogP contribution in [0.3, 0.4) is 0 Å². The number of amides is 1. The Kier molecular flexibility index (Phi) is 7.07. The first-order valence-electron chi connectivity index (χ1n) is 3.22. The van der Waals surface area contributed by atoms with Gasteiger partial charge in [0.1, 0.15) is 0 Å². The normalized spacial score (nSPS) is 9.38. The number of primary amides is 1. The van der Waals surface area contributed by atoms with E-state index in [4.69, 9.17) is 10.3 Å². The van der Waals surface area contributed by atoms with E-state index in [1.807, 2.05) is 0 Å². The Morgan fingerprint density at radius 3 is 1.92 bits per heavy atom. The van der Waals surface area contributed by atoms with Gasteiger partial charge in [0.15, 0.2) is 0 Å². The van der Waals surface area contributed by atoms with Crippen LogP contribution in [0, 0.1) is 0 Å². The monoisotopic (exact) mass is 207 g/mol. The van der Waals surface area contributed by atoms with Gasteiger partial charge in [-0.25, -0.2) is 0 Å². The van der Waals surface area contributed by atoms with E-state index in [1.165, 1.54) is 0 Å². The molecule has 0 saturated heterocycles. The third kappa shape index (κ3) is 18.1. The quantitative estimate of drug-likeness (QED) is 0.390.